The van der Waals surface area contributed by atoms with Crippen LogP contribution in [0, 0.1) is 5.13 Å². The maximum Gasteiger partial charge on any atom is 0.177 e. The Hall–Kier alpha value is -0.160. The van der Waals surface area contributed by atoms with Gasteiger partial charge in [-0.25, -0.2) is 0 Å². The fourth-order valence-corrected chi connectivity index (χ4v) is 2.37. The van der Waals surface area contributed by atoms with Gasteiger partial charge in [-0.3, -0.25) is 0 Å². The third-order valence-electron chi connectivity index (χ3n) is 2.02. The number of nitrogens with two attached hydrogens (primary N) is 1. The van der Waals surface area contributed by atoms with E-state index in [0.717, 1.165) is 16.9 Å². The predicted molar refractivity (Wildman–Crippen MR) is 53.0 cm³/mol. The van der Waals surface area contributed by atoms with Crippen molar-refractivity contribution in [3.63, 3.8) is 0 Å². The Bertz CT molecular complexity index is 292. The summed E-state index contributed by atoms with van der Waals surface area (Å²) in [5, 5.41) is -0.135. The fourth-order valence-electron chi connectivity index (χ4n) is 1.46. The summed E-state index contributed by atoms with van der Waals surface area (Å²) >= 11 is 1.21. The number of hydrogen-bond acceptors (Lipinski definition) is 3. The van der Waals surface area contributed by atoms with Crippen LogP contribution >= 0.6 is 23.7 Å². The molecular formula is C8H11ClFNOS. The molecule has 0 saturated carbocycles. The Morgan fingerprint density at radius 1 is 1.69 bits per heavy atom. The van der Waals surface area contributed by atoms with Gasteiger partial charge in [-0.05, 0) is 11.6 Å². The number of rotatable bonds is 1. The summed E-state index contributed by atoms with van der Waals surface area (Å²) in [7, 11) is 0. The van der Waals surface area contributed by atoms with E-state index in [2.05, 4.69) is 0 Å². The highest BCUT2D eigenvalue weighted by atomic mass is 35.5. The van der Waals surface area contributed by atoms with Crippen LogP contribution < -0.4 is 5.73 Å². The molecule has 2 rings (SSSR count). The first-order chi connectivity index (χ1) is 5.81. The lowest BCUT2D eigenvalue weighted by Gasteiger charge is -2.21. The smallest absolute Gasteiger partial charge is 0.177 e. The van der Waals surface area contributed by atoms with Crippen molar-refractivity contribution in [1.82, 2.24) is 0 Å². The molecule has 0 aliphatic carbocycles. The van der Waals surface area contributed by atoms with Gasteiger partial charge in [0.25, 0.3) is 0 Å². The van der Waals surface area contributed by atoms with Crippen molar-refractivity contribution in [3.8, 4) is 0 Å². The second kappa shape index (κ2) is 4.37. The first-order valence-electron chi connectivity index (χ1n) is 3.91. The van der Waals surface area contributed by atoms with Crippen LogP contribution in [0.15, 0.2) is 6.07 Å². The third kappa shape index (κ3) is 2.02. The molecule has 1 unspecified atom stereocenters. The molecule has 2 N–H and O–H groups in total. The normalized spacial score (nSPS) is 20.6. The summed E-state index contributed by atoms with van der Waals surface area (Å²) in [5.74, 6) is 0. The van der Waals surface area contributed by atoms with Gasteiger partial charge >= 0.3 is 0 Å². The quantitative estimate of drug-likeness (QED) is 0.789. The zero-order valence-electron chi connectivity index (χ0n) is 6.96. The molecule has 2 heterocycles. The molecule has 1 atom stereocenters. The lowest BCUT2D eigenvalue weighted by atomic mass is 10.1. The van der Waals surface area contributed by atoms with Gasteiger partial charge in [0.2, 0.25) is 0 Å². The van der Waals surface area contributed by atoms with E-state index in [1.807, 2.05) is 0 Å². The van der Waals surface area contributed by atoms with Crippen LogP contribution in [0.5, 0.6) is 0 Å². The highest BCUT2D eigenvalue weighted by molar-refractivity contribution is 7.10. The second-order valence-electron chi connectivity index (χ2n) is 2.77. The minimum atomic E-state index is -0.135. The number of ether oxygens (including phenoxy) is 1. The molecule has 0 radical (unpaired) electrons. The Kier molecular flexibility index (Phi) is 3.67. The number of hydrogen-bond donors (Lipinski definition) is 1. The van der Waals surface area contributed by atoms with Crippen LogP contribution in [-0.4, -0.2) is 13.2 Å². The van der Waals surface area contributed by atoms with Crippen LogP contribution in [0.1, 0.15) is 16.5 Å². The van der Waals surface area contributed by atoms with Gasteiger partial charge in [-0.1, -0.05) is 0 Å². The Labute approximate surface area is 86.3 Å². The van der Waals surface area contributed by atoms with Crippen molar-refractivity contribution >= 4 is 23.7 Å². The van der Waals surface area contributed by atoms with Crippen LogP contribution in [0.2, 0.25) is 0 Å². The van der Waals surface area contributed by atoms with E-state index in [1.54, 1.807) is 0 Å². The second-order valence-corrected chi connectivity index (χ2v) is 3.86. The summed E-state index contributed by atoms with van der Waals surface area (Å²) in [6.45, 7) is 1.10. The standard InChI is InChI=1S/C8H10FNOS.ClH/c9-8-3-5-6(4-10)11-2-1-7(5)12-8;/h3,6H,1-2,4,10H2;1H. The molecule has 0 aromatic carbocycles. The average molecular weight is 224 g/mol. The van der Waals surface area contributed by atoms with Crippen LogP contribution in [0.3, 0.4) is 0 Å². The van der Waals surface area contributed by atoms with Gasteiger partial charge in [-0.15, -0.1) is 23.7 Å². The molecule has 1 aliphatic rings. The number of halogens is 2. The lowest BCUT2D eigenvalue weighted by Crippen LogP contribution is -2.21. The topological polar surface area (TPSA) is 35.2 Å². The number of thiophene rings is 1. The van der Waals surface area contributed by atoms with Gasteiger partial charge in [0.05, 0.1) is 12.7 Å². The molecule has 0 spiro atoms. The van der Waals surface area contributed by atoms with Gasteiger partial charge < -0.3 is 10.5 Å². The third-order valence-corrected chi connectivity index (χ3v) is 3.02. The molecular weight excluding hydrogens is 213 g/mol. The minimum absolute atomic E-state index is 0. The molecule has 5 heteroatoms. The highest BCUT2D eigenvalue weighted by Gasteiger charge is 2.22. The molecule has 2 nitrogen and oxygen atoms in total. The van der Waals surface area contributed by atoms with Crippen molar-refractivity contribution < 1.29 is 9.13 Å². The Morgan fingerprint density at radius 3 is 3.15 bits per heavy atom. The SMILES string of the molecule is Cl.NCC1OCCc2sc(F)cc21. The van der Waals surface area contributed by atoms with Crippen molar-refractivity contribution in [3.05, 3.63) is 21.6 Å². The first-order valence-corrected chi connectivity index (χ1v) is 4.72. The molecule has 1 aromatic heterocycles. The summed E-state index contributed by atoms with van der Waals surface area (Å²) in [4.78, 5) is 1.09. The van der Waals surface area contributed by atoms with Crippen molar-refractivity contribution in [2.75, 3.05) is 13.2 Å². The Morgan fingerprint density at radius 2 is 2.46 bits per heavy atom. The summed E-state index contributed by atoms with van der Waals surface area (Å²) in [6.07, 6.45) is 0.731. The summed E-state index contributed by atoms with van der Waals surface area (Å²) in [5.41, 5.74) is 6.43. The summed E-state index contributed by atoms with van der Waals surface area (Å²) < 4.78 is 18.2. The molecule has 1 aliphatic heterocycles. The molecule has 0 bridgehead atoms. The maximum absolute atomic E-state index is 12.8. The molecule has 0 fully saturated rings. The van der Waals surface area contributed by atoms with Gasteiger partial charge in [0, 0.05) is 17.8 Å². The largest absolute Gasteiger partial charge is 0.372 e. The fraction of sp³-hybridized carbons (Fsp3) is 0.500. The zero-order chi connectivity index (χ0) is 8.55. The average Bonchev–Trinajstić information content (AvgIpc) is 2.44. The molecule has 0 amide bonds. The van der Waals surface area contributed by atoms with Gasteiger partial charge in [0.15, 0.2) is 5.13 Å². The lowest BCUT2D eigenvalue weighted by molar-refractivity contribution is 0.0497. The monoisotopic (exact) mass is 223 g/mol. The van der Waals surface area contributed by atoms with E-state index in [1.165, 1.54) is 17.4 Å². The zero-order valence-corrected chi connectivity index (χ0v) is 8.59. The predicted octanol–water partition coefficient (Wildman–Crippen LogP) is 1.88. The molecule has 1 aromatic rings. The first kappa shape index (κ1) is 10.9. The Balaban J connectivity index is 0.000000845. The molecule has 74 valence electrons. The van der Waals surface area contributed by atoms with E-state index in [9.17, 15) is 4.39 Å². The van der Waals surface area contributed by atoms with Crippen molar-refractivity contribution in [2.24, 2.45) is 5.73 Å². The van der Waals surface area contributed by atoms with Crippen molar-refractivity contribution in [1.29, 1.82) is 0 Å². The van der Waals surface area contributed by atoms with Crippen LogP contribution in [0.4, 0.5) is 4.39 Å². The van der Waals surface area contributed by atoms with Crippen LogP contribution in [-0.2, 0) is 11.2 Å². The van der Waals surface area contributed by atoms with Crippen LogP contribution in [0.25, 0.3) is 0 Å². The molecule has 13 heavy (non-hydrogen) atoms. The number of fused-ring (bicyclic) bond motifs is 1. The molecule has 0 saturated heterocycles. The summed E-state index contributed by atoms with van der Waals surface area (Å²) in [6, 6.07) is 1.54. The van der Waals surface area contributed by atoms with E-state index in [-0.39, 0.29) is 23.6 Å². The van der Waals surface area contributed by atoms with E-state index in [4.69, 9.17) is 10.5 Å². The van der Waals surface area contributed by atoms with E-state index < -0.39 is 0 Å². The van der Waals surface area contributed by atoms with E-state index in [0.29, 0.717) is 13.2 Å². The van der Waals surface area contributed by atoms with Crippen molar-refractivity contribution in [2.45, 2.75) is 12.5 Å². The van der Waals surface area contributed by atoms with E-state index >= 15 is 0 Å². The minimum Gasteiger partial charge on any atom is -0.372 e. The van der Waals surface area contributed by atoms with Gasteiger partial charge in [0.1, 0.15) is 0 Å². The highest BCUT2D eigenvalue weighted by Crippen LogP contribution is 2.32. The van der Waals surface area contributed by atoms with Gasteiger partial charge in [-0.2, -0.15) is 4.39 Å². The maximum atomic E-state index is 12.8.